The molecule has 0 radical (unpaired) electrons. The average molecular weight is 383 g/mol. The van der Waals surface area contributed by atoms with Crippen LogP contribution in [0.4, 0.5) is 5.69 Å². The van der Waals surface area contributed by atoms with Crippen LogP contribution in [0.2, 0.25) is 0 Å². The summed E-state index contributed by atoms with van der Waals surface area (Å²) in [7, 11) is 3.22. The summed E-state index contributed by atoms with van der Waals surface area (Å²) < 4.78 is 10.3. The molecule has 0 aliphatic carbocycles. The van der Waals surface area contributed by atoms with Crippen LogP contribution in [0.1, 0.15) is 10.4 Å². The van der Waals surface area contributed by atoms with Crippen LogP contribution in [0.5, 0.6) is 11.5 Å². The monoisotopic (exact) mass is 383 g/mol. The molecule has 0 bridgehead atoms. The van der Waals surface area contributed by atoms with Gasteiger partial charge in [-0.15, -0.1) is 0 Å². The molecule has 7 nitrogen and oxygen atoms in total. The van der Waals surface area contributed by atoms with Gasteiger partial charge in [-0.2, -0.15) is 0 Å². The van der Waals surface area contributed by atoms with E-state index in [1.54, 1.807) is 43.4 Å². The maximum atomic E-state index is 12.4. The van der Waals surface area contributed by atoms with Crippen LogP contribution in [-0.2, 0) is 4.79 Å². The van der Waals surface area contributed by atoms with Crippen molar-refractivity contribution >= 4 is 17.5 Å². The quantitative estimate of drug-likeness (QED) is 0.823. The molecule has 0 unspecified atom stereocenters. The van der Waals surface area contributed by atoms with Gasteiger partial charge in [0.05, 0.1) is 20.8 Å². The zero-order chi connectivity index (χ0) is 19.9. The highest BCUT2D eigenvalue weighted by Crippen LogP contribution is 2.20. The van der Waals surface area contributed by atoms with Crippen molar-refractivity contribution in [1.29, 1.82) is 0 Å². The second kappa shape index (κ2) is 9.12. The Morgan fingerprint density at radius 1 is 0.857 bits per heavy atom. The minimum absolute atomic E-state index is 0.00655. The molecule has 2 amide bonds. The van der Waals surface area contributed by atoms with Crippen molar-refractivity contribution in [3.05, 3.63) is 54.1 Å². The Balaban J connectivity index is 1.46. The van der Waals surface area contributed by atoms with Crippen molar-refractivity contribution in [2.45, 2.75) is 0 Å². The number of anilines is 1. The van der Waals surface area contributed by atoms with Gasteiger partial charge in [-0.1, -0.05) is 0 Å². The molecule has 28 heavy (non-hydrogen) atoms. The number of carbonyl (C=O) groups is 2. The van der Waals surface area contributed by atoms with Crippen molar-refractivity contribution in [3.63, 3.8) is 0 Å². The Morgan fingerprint density at radius 2 is 1.39 bits per heavy atom. The largest absolute Gasteiger partial charge is 0.497 e. The fourth-order valence-corrected chi connectivity index (χ4v) is 3.12. The van der Waals surface area contributed by atoms with Crippen LogP contribution >= 0.6 is 0 Å². The first-order valence-electron chi connectivity index (χ1n) is 9.19. The molecular formula is C21H25N3O4. The zero-order valence-electron chi connectivity index (χ0n) is 16.2. The summed E-state index contributed by atoms with van der Waals surface area (Å²) in [4.78, 5) is 28.6. The third kappa shape index (κ3) is 4.73. The molecule has 1 fully saturated rings. The van der Waals surface area contributed by atoms with E-state index in [2.05, 4.69) is 10.2 Å². The first-order valence-corrected chi connectivity index (χ1v) is 9.19. The third-order valence-electron chi connectivity index (χ3n) is 4.82. The van der Waals surface area contributed by atoms with Crippen LogP contribution in [0.15, 0.2) is 48.5 Å². The SMILES string of the molecule is COc1ccc(C(=O)NCC(=O)N2CCN(c3ccc(OC)cc3)CC2)cc1. The predicted molar refractivity (Wildman–Crippen MR) is 107 cm³/mol. The standard InChI is InChI=1S/C21H25N3O4/c1-27-18-7-3-16(4-8-18)21(26)22-15-20(25)24-13-11-23(12-14-24)17-5-9-19(28-2)10-6-17/h3-10H,11-15H2,1-2H3,(H,22,26). The summed E-state index contributed by atoms with van der Waals surface area (Å²) in [5.41, 5.74) is 1.61. The normalized spacial score (nSPS) is 13.8. The Kier molecular flexibility index (Phi) is 6.37. The van der Waals surface area contributed by atoms with Crippen LogP contribution in [0.25, 0.3) is 0 Å². The number of hydrogen-bond acceptors (Lipinski definition) is 5. The van der Waals surface area contributed by atoms with E-state index in [-0.39, 0.29) is 18.4 Å². The lowest BCUT2D eigenvalue weighted by atomic mass is 10.2. The maximum Gasteiger partial charge on any atom is 0.251 e. The molecule has 0 aromatic heterocycles. The Bertz CT molecular complexity index is 797. The molecule has 0 spiro atoms. The van der Waals surface area contributed by atoms with E-state index in [0.29, 0.717) is 24.4 Å². The first-order chi connectivity index (χ1) is 13.6. The lowest BCUT2D eigenvalue weighted by Gasteiger charge is -2.36. The molecule has 2 aromatic rings. The van der Waals surface area contributed by atoms with Crippen molar-refractivity contribution in [2.24, 2.45) is 0 Å². The maximum absolute atomic E-state index is 12.4. The number of piperazine rings is 1. The smallest absolute Gasteiger partial charge is 0.251 e. The number of nitrogens with one attached hydrogen (secondary N) is 1. The number of benzene rings is 2. The number of amides is 2. The minimum atomic E-state index is -0.270. The van der Waals surface area contributed by atoms with Crippen molar-refractivity contribution < 1.29 is 19.1 Å². The zero-order valence-corrected chi connectivity index (χ0v) is 16.2. The van der Waals surface area contributed by atoms with Crippen molar-refractivity contribution in [2.75, 3.05) is 51.8 Å². The van der Waals surface area contributed by atoms with E-state index in [0.717, 1.165) is 24.5 Å². The number of nitrogens with zero attached hydrogens (tertiary/aromatic N) is 2. The second-order valence-corrected chi connectivity index (χ2v) is 6.48. The van der Waals surface area contributed by atoms with Gasteiger partial charge in [0.25, 0.3) is 5.91 Å². The Hall–Kier alpha value is -3.22. The van der Waals surface area contributed by atoms with Gasteiger partial charge in [0.15, 0.2) is 0 Å². The van der Waals surface area contributed by atoms with Crippen LogP contribution in [0.3, 0.4) is 0 Å². The molecule has 1 saturated heterocycles. The molecule has 1 N–H and O–H groups in total. The fourth-order valence-electron chi connectivity index (χ4n) is 3.12. The lowest BCUT2D eigenvalue weighted by molar-refractivity contribution is -0.130. The molecule has 1 heterocycles. The molecule has 2 aromatic carbocycles. The van der Waals surface area contributed by atoms with E-state index >= 15 is 0 Å². The highest BCUT2D eigenvalue weighted by molar-refractivity contribution is 5.96. The van der Waals surface area contributed by atoms with Crippen molar-refractivity contribution in [1.82, 2.24) is 10.2 Å². The van der Waals surface area contributed by atoms with E-state index in [1.807, 2.05) is 24.3 Å². The Morgan fingerprint density at radius 3 is 1.93 bits per heavy atom. The minimum Gasteiger partial charge on any atom is -0.497 e. The number of rotatable bonds is 6. The molecule has 3 rings (SSSR count). The highest BCUT2D eigenvalue weighted by atomic mass is 16.5. The van der Waals surface area contributed by atoms with E-state index in [1.165, 1.54) is 0 Å². The molecule has 0 atom stereocenters. The van der Waals surface area contributed by atoms with Gasteiger partial charge in [0, 0.05) is 37.4 Å². The molecule has 7 heteroatoms. The summed E-state index contributed by atoms with van der Waals surface area (Å²) >= 11 is 0. The van der Waals surface area contributed by atoms with Crippen molar-refractivity contribution in [3.8, 4) is 11.5 Å². The van der Waals surface area contributed by atoms with Crippen LogP contribution in [-0.4, -0.2) is 63.7 Å². The van der Waals surface area contributed by atoms with Gasteiger partial charge < -0.3 is 24.6 Å². The summed E-state index contributed by atoms with van der Waals surface area (Å²) in [6.45, 7) is 2.76. The highest BCUT2D eigenvalue weighted by Gasteiger charge is 2.21. The molecule has 0 saturated carbocycles. The topological polar surface area (TPSA) is 71.1 Å². The third-order valence-corrected chi connectivity index (χ3v) is 4.82. The summed E-state index contributed by atoms with van der Waals surface area (Å²) in [6, 6.07) is 14.7. The first kappa shape index (κ1) is 19.5. The number of methoxy groups -OCH3 is 2. The summed E-state index contributed by atoms with van der Waals surface area (Å²) in [5, 5.41) is 2.69. The molecule has 1 aliphatic rings. The molecule has 1 aliphatic heterocycles. The number of carbonyl (C=O) groups excluding carboxylic acids is 2. The second-order valence-electron chi connectivity index (χ2n) is 6.48. The Labute approximate surface area is 164 Å². The van der Waals surface area contributed by atoms with Crippen LogP contribution in [0, 0.1) is 0 Å². The van der Waals surface area contributed by atoms with Gasteiger partial charge in [0.1, 0.15) is 11.5 Å². The molecule has 148 valence electrons. The van der Waals surface area contributed by atoms with Gasteiger partial charge in [-0.25, -0.2) is 0 Å². The summed E-state index contributed by atoms with van der Waals surface area (Å²) in [5.74, 6) is 1.16. The van der Waals surface area contributed by atoms with E-state index in [4.69, 9.17) is 9.47 Å². The summed E-state index contributed by atoms with van der Waals surface area (Å²) in [6.07, 6.45) is 0. The fraction of sp³-hybridized carbons (Fsp3) is 0.333. The lowest BCUT2D eigenvalue weighted by Crippen LogP contribution is -2.51. The predicted octanol–water partition coefficient (Wildman–Crippen LogP) is 1.78. The number of ether oxygens (including phenoxy) is 2. The van der Waals surface area contributed by atoms with Gasteiger partial charge in [-0.05, 0) is 48.5 Å². The average Bonchev–Trinajstić information content (AvgIpc) is 2.77. The van der Waals surface area contributed by atoms with Gasteiger partial charge >= 0.3 is 0 Å². The number of hydrogen-bond donors (Lipinski definition) is 1. The van der Waals surface area contributed by atoms with Gasteiger partial charge in [0.2, 0.25) is 5.91 Å². The van der Waals surface area contributed by atoms with E-state index < -0.39 is 0 Å². The van der Waals surface area contributed by atoms with Crippen LogP contribution < -0.4 is 19.7 Å². The van der Waals surface area contributed by atoms with Gasteiger partial charge in [-0.3, -0.25) is 9.59 Å². The molecular weight excluding hydrogens is 358 g/mol. The van der Waals surface area contributed by atoms with E-state index in [9.17, 15) is 9.59 Å².